The van der Waals surface area contributed by atoms with Gasteiger partial charge in [0.15, 0.2) is 9.99 Å². The number of rotatable bonds is 4. The van der Waals surface area contributed by atoms with E-state index < -0.39 is 0 Å². The van der Waals surface area contributed by atoms with E-state index in [9.17, 15) is 4.79 Å². The number of thioether (sulfide) groups is 2. The molecule has 0 unspecified atom stereocenters. The van der Waals surface area contributed by atoms with E-state index in [4.69, 9.17) is 0 Å². The fraction of sp³-hybridized carbons (Fsp3) is 0.583. The Hall–Kier alpha value is -0.530. The quantitative estimate of drug-likeness (QED) is 0.811. The van der Waals surface area contributed by atoms with Crippen LogP contribution in [-0.4, -0.2) is 31.3 Å². The molecule has 19 heavy (non-hydrogen) atoms. The van der Waals surface area contributed by atoms with Crippen molar-refractivity contribution in [2.24, 2.45) is 0 Å². The monoisotopic (exact) mass is 315 g/mol. The van der Waals surface area contributed by atoms with Gasteiger partial charge in [-0.3, -0.25) is 9.36 Å². The van der Waals surface area contributed by atoms with Crippen LogP contribution in [0.1, 0.15) is 20.8 Å². The predicted octanol–water partition coefficient (Wildman–Crippen LogP) is 3.11. The van der Waals surface area contributed by atoms with Crippen molar-refractivity contribution in [2.75, 3.05) is 12.0 Å². The minimum atomic E-state index is 0.0253. The third kappa shape index (κ3) is 3.73. The summed E-state index contributed by atoms with van der Waals surface area (Å²) in [4.78, 5) is 20.9. The van der Waals surface area contributed by atoms with Gasteiger partial charge in [-0.05, 0) is 6.26 Å². The second-order valence-corrected chi connectivity index (χ2v) is 9.01. The summed E-state index contributed by atoms with van der Waals surface area (Å²) in [6.07, 6.45) is 3.56. The molecule has 0 bridgehead atoms. The highest BCUT2D eigenvalue weighted by molar-refractivity contribution is 8.00. The predicted molar refractivity (Wildman–Crippen MR) is 85.7 cm³/mol. The zero-order valence-electron chi connectivity index (χ0n) is 11.5. The van der Waals surface area contributed by atoms with Gasteiger partial charge >= 0.3 is 0 Å². The van der Waals surface area contributed by atoms with Gasteiger partial charge in [0.05, 0.1) is 0 Å². The highest BCUT2D eigenvalue weighted by Crippen LogP contribution is 2.25. The summed E-state index contributed by atoms with van der Waals surface area (Å²) in [5.41, 5.74) is 0.594. The average Bonchev–Trinajstić information content (AvgIpc) is 2.74. The van der Waals surface area contributed by atoms with E-state index in [0.29, 0.717) is 16.9 Å². The summed E-state index contributed by atoms with van der Waals surface area (Å²) < 4.78 is 3.45. The van der Waals surface area contributed by atoms with Crippen LogP contribution < -0.4 is 5.56 Å². The standard InChI is InChI=1S/C12H17N3OS3/c1-12(2,3)18-6-5-15-7-13-9-8(10(15)16)19-11(14-9)17-4/h7H,5-6H2,1-4H3. The molecule has 0 aromatic carbocycles. The molecule has 0 aliphatic carbocycles. The molecule has 0 fully saturated rings. The van der Waals surface area contributed by atoms with Crippen molar-refractivity contribution in [3.8, 4) is 0 Å². The molecule has 0 saturated heterocycles. The van der Waals surface area contributed by atoms with E-state index in [1.165, 1.54) is 11.3 Å². The maximum atomic E-state index is 12.3. The highest BCUT2D eigenvalue weighted by Gasteiger charge is 2.12. The number of thiazole rings is 1. The summed E-state index contributed by atoms with van der Waals surface area (Å²) in [7, 11) is 0. The summed E-state index contributed by atoms with van der Waals surface area (Å²) >= 11 is 4.82. The van der Waals surface area contributed by atoms with Crippen molar-refractivity contribution in [2.45, 2.75) is 36.4 Å². The highest BCUT2D eigenvalue weighted by atomic mass is 32.2. The third-order valence-corrected chi connectivity index (χ3v) is 5.68. The lowest BCUT2D eigenvalue weighted by Gasteiger charge is -2.17. The second-order valence-electron chi connectivity index (χ2n) is 5.04. The van der Waals surface area contributed by atoms with E-state index in [2.05, 4.69) is 30.7 Å². The molecule has 104 valence electrons. The Labute approximate surface area is 125 Å². The number of hydrogen-bond acceptors (Lipinski definition) is 6. The molecule has 0 N–H and O–H groups in total. The van der Waals surface area contributed by atoms with Crippen molar-refractivity contribution >= 4 is 45.2 Å². The first-order valence-electron chi connectivity index (χ1n) is 5.94. The molecule has 0 atom stereocenters. The van der Waals surface area contributed by atoms with Crippen molar-refractivity contribution in [1.29, 1.82) is 0 Å². The van der Waals surface area contributed by atoms with Gasteiger partial charge in [-0.15, -0.1) is 11.3 Å². The smallest absolute Gasteiger partial charge is 0.273 e. The molecule has 0 radical (unpaired) electrons. The summed E-state index contributed by atoms with van der Waals surface area (Å²) in [6.45, 7) is 7.22. The number of aromatic nitrogens is 3. The number of nitrogens with zero attached hydrogens (tertiary/aromatic N) is 3. The van der Waals surface area contributed by atoms with Crippen LogP contribution in [0.2, 0.25) is 0 Å². The molecule has 0 saturated carbocycles. The van der Waals surface area contributed by atoms with Crippen LogP contribution in [-0.2, 0) is 6.54 Å². The van der Waals surface area contributed by atoms with Gasteiger partial charge in [0.1, 0.15) is 11.0 Å². The maximum Gasteiger partial charge on any atom is 0.273 e. The Morgan fingerprint density at radius 2 is 2.16 bits per heavy atom. The number of aryl methyl sites for hydroxylation is 1. The Morgan fingerprint density at radius 3 is 2.79 bits per heavy atom. The average molecular weight is 315 g/mol. The first-order valence-corrected chi connectivity index (χ1v) is 8.97. The van der Waals surface area contributed by atoms with Crippen molar-refractivity contribution in [3.05, 3.63) is 16.7 Å². The van der Waals surface area contributed by atoms with Gasteiger partial charge < -0.3 is 0 Å². The lowest BCUT2D eigenvalue weighted by Crippen LogP contribution is -2.22. The van der Waals surface area contributed by atoms with Crippen LogP contribution in [0.25, 0.3) is 10.3 Å². The molecule has 0 spiro atoms. The van der Waals surface area contributed by atoms with Crippen LogP contribution in [0.15, 0.2) is 15.5 Å². The Balaban J connectivity index is 2.20. The Kier molecular flexibility index (Phi) is 4.58. The van der Waals surface area contributed by atoms with Gasteiger partial charge in [-0.25, -0.2) is 9.97 Å². The van der Waals surface area contributed by atoms with Gasteiger partial charge in [-0.2, -0.15) is 11.8 Å². The Bertz CT molecular complexity index is 627. The molecule has 0 amide bonds. The van der Waals surface area contributed by atoms with Crippen molar-refractivity contribution in [1.82, 2.24) is 14.5 Å². The fourth-order valence-corrected chi connectivity index (χ4v) is 3.89. The first-order chi connectivity index (χ1) is 8.90. The largest absolute Gasteiger partial charge is 0.297 e. The fourth-order valence-electron chi connectivity index (χ4n) is 1.52. The Morgan fingerprint density at radius 1 is 1.42 bits per heavy atom. The molecule has 7 heteroatoms. The zero-order chi connectivity index (χ0) is 14.0. The SMILES string of the molecule is CSc1nc2ncn(CCSC(C)(C)C)c(=O)c2s1. The molecule has 2 aromatic rings. The van der Waals surface area contributed by atoms with E-state index in [1.54, 1.807) is 22.7 Å². The molecule has 2 aromatic heterocycles. The zero-order valence-corrected chi connectivity index (χ0v) is 13.9. The van der Waals surface area contributed by atoms with Gasteiger partial charge in [0.2, 0.25) is 0 Å². The van der Waals surface area contributed by atoms with E-state index in [0.717, 1.165) is 10.1 Å². The third-order valence-electron chi connectivity index (χ3n) is 2.41. The lowest BCUT2D eigenvalue weighted by molar-refractivity contribution is 0.717. The van der Waals surface area contributed by atoms with Gasteiger partial charge in [0, 0.05) is 17.0 Å². The number of hydrogen-bond donors (Lipinski definition) is 0. The first kappa shape index (κ1) is 14.9. The molecule has 2 heterocycles. The van der Waals surface area contributed by atoms with Crippen LogP contribution in [0.5, 0.6) is 0 Å². The molecular weight excluding hydrogens is 298 g/mol. The van der Waals surface area contributed by atoms with Crippen molar-refractivity contribution < 1.29 is 0 Å². The number of fused-ring (bicyclic) bond motifs is 1. The van der Waals surface area contributed by atoms with Crippen LogP contribution in [0.3, 0.4) is 0 Å². The topological polar surface area (TPSA) is 47.8 Å². The summed E-state index contributed by atoms with van der Waals surface area (Å²) in [5, 5.41) is 0. The van der Waals surface area contributed by atoms with Gasteiger partial charge in [-0.1, -0.05) is 32.5 Å². The molecular formula is C12H17N3OS3. The second kappa shape index (κ2) is 5.85. The van der Waals surface area contributed by atoms with E-state index in [1.807, 2.05) is 18.0 Å². The normalized spacial score (nSPS) is 12.2. The van der Waals surface area contributed by atoms with Crippen LogP contribution in [0.4, 0.5) is 0 Å². The van der Waals surface area contributed by atoms with E-state index >= 15 is 0 Å². The van der Waals surface area contributed by atoms with Crippen LogP contribution in [0, 0.1) is 0 Å². The molecule has 0 aliphatic rings. The summed E-state index contributed by atoms with van der Waals surface area (Å²) in [6, 6.07) is 0. The molecule has 0 aliphatic heterocycles. The maximum absolute atomic E-state index is 12.3. The summed E-state index contributed by atoms with van der Waals surface area (Å²) in [5.74, 6) is 0.908. The molecule has 2 rings (SSSR count). The minimum Gasteiger partial charge on any atom is -0.297 e. The van der Waals surface area contributed by atoms with Crippen molar-refractivity contribution in [3.63, 3.8) is 0 Å². The van der Waals surface area contributed by atoms with Gasteiger partial charge in [0.25, 0.3) is 5.56 Å². The minimum absolute atomic E-state index is 0.0253. The lowest BCUT2D eigenvalue weighted by atomic mass is 10.3. The molecule has 4 nitrogen and oxygen atoms in total. The van der Waals surface area contributed by atoms with E-state index in [-0.39, 0.29) is 10.3 Å². The van der Waals surface area contributed by atoms with Crippen LogP contribution >= 0.6 is 34.9 Å².